The summed E-state index contributed by atoms with van der Waals surface area (Å²) in [6.07, 6.45) is 1.81. The maximum absolute atomic E-state index is 13.2. The first-order valence-corrected chi connectivity index (χ1v) is 11.7. The molecule has 1 heterocycles. The quantitative estimate of drug-likeness (QED) is 0.478. The molecule has 0 radical (unpaired) electrons. The van der Waals surface area contributed by atoms with E-state index in [9.17, 15) is 14.0 Å². The van der Waals surface area contributed by atoms with Crippen LogP contribution >= 0.6 is 0 Å². The van der Waals surface area contributed by atoms with Crippen LogP contribution in [0.15, 0.2) is 60.7 Å². The molecule has 0 aliphatic rings. The van der Waals surface area contributed by atoms with Gasteiger partial charge in [0.2, 0.25) is 11.8 Å². The maximum Gasteiger partial charge on any atom is 0.245 e. The second-order valence-corrected chi connectivity index (χ2v) is 9.43. The second kappa shape index (κ2) is 11.1. The summed E-state index contributed by atoms with van der Waals surface area (Å²) in [4.78, 5) is 27.5. The van der Waals surface area contributed by atoms with Gasteiger partial charge in [0.25, 0.3) is 0 Å². The number of carbonyl (C=O) groups excluding carboxylic acids is 2. The molecule has 0 saturated carbocycles. The molecular formula is C27H33FN4O2. The van der Waals surface area contributed by atoms with E-state index in [0.29, 0.717) is 17.9 Å². The third kappa shape index (κ3) is 6.76. The number of nitrogens with zero attached hydrogens (tertiary/aromatic N) is 3. The van der Waals surface area contributed by atoms with Crippen LogP contribution in [0.5, 0.6) is 0 Å². The standard InChI is InChI=1S/C27H33FN4O2/c1-5-6-16-31(26(34)17-20-12-14-21(28)15-13-20)19-25(33)29-24-18-23(27(2,3)4)30-32(24)22-10-8-7-9-11-22/h7-15,18H,5-6,16-17,19H2,1-4H3,(H,29,33). The fourth-order valence-electron chi connectivity index (χ4n) is 3.49. The number of rotatable bonds is 9. The number of carbonyl (C=O) groups is 2. The van der Waals surface area contributed by atoms with Crippen LogP contribution in [0.2, 0.25) is 0 Å². The second-order valence-electron chi connectivity index (χ2n) is 9.43. The van der Waals surface area contributed by atoms with E-state index in [0.717, 1.165) is 24.2 Å². The molecule has 34 heavy (non-hydrogen) atoms. The minimum Gasteiger partial charge on any atom is -0.333 e. The molecule has 180 valence electrons. The molecule has 3 aromatic rings. The molecule has 0 fully saturated rings. The van der Waals surface area contributed by atoms with Crippen molar-refractivity contribution in [3.05, 3.63) is 77.7 Å². The van der Waals surface area contributed by atoms with Gasteiger partial charge in [-0.3, -0.25) is 9.59 Å². The highest BCUT2D eigenvalue weighted by Gasteiger charge is 2.23. The van der Waals surface area contributed by atoms with Gasteiger partial charge in [0.1, 0.15) is 11.6 Å². The number of hydrogen-bond donors (Lipinski definition) is 1. The lowest BCUT2D eigenvalue weighted by molar-refractivity contribution is -0.134. The minimum atomic E-state index is -0.344. The molecule has 0 atom stereocenters. The zero-order valence-electron chi connectivity index (χ0n) is 20.3. The SMILES string of the molecule is CCCCN(CC(=O)Nc1cc(C(C)(C)C)nn1-c1ccccc1)C(=O)Cc1ccc(F)cc1. The summed E-state index contributed by atoms with van der Waals surface area (Å²) >= 11 is 0. The Morgan fingerprint density at radius 3 is 2.35 bits per heavy atom. The number of anilines is 1. The van der Waals surface area contributed by atoms with Gasteiger partial charge in [-0.2, -0.15) is 5.10 Å². The summed E-state index contributed by atoms with van der Waals surface area (Å²) in [5.41, 5.74) is 2.20. The number of aromatic nitrogens is 2. The number of benzene rings is 2. The summed E-state index contributed by atoms with van der Waals surface area (Å²) in [5.74, 6) is -0.242. The molecule has 1 N–H and O–H groups in total. The van der Waals surface area contributed by atoms with Crippen molar-refractivity contribution >= 4 is 17.6 Å². The van der Waals surface area contributed by atoms with Gasteiger partial charge in [0.15, 0.2) is 0 Å². The van der Waals surface area contributed by atoms with E-state index >= 15 is 0 Å². The Bertz CT molecular complexity index is 1100. The van der Waals surface area contributed by atoms with Gasteiger partial charge in [-0.25, -0.2) is 9.07 Å². The Morgan fingerprint density at radius 1 is 1.06 bits per heavy atom. The average molecular weight is 465 g/mol. The number of halogens is 1. The van der Waals surface area contributed by atoms with Crippen molar-refractivity contribution in [2.75, 3.05) is 18.4 Å². The van der Waals surface area contributed by atoms with E-state index in [1.54, 1.807) is 21.7 Å². The zero-order chi connectivity index (χ0) is 24.7. The van der Waals surface area contributed by atoms with Crippen molar-refractivity contribution in [1.82, 2.24) is 14.7 Å². The molecule has 0 aliphatic heterocycles. The Kier molecular flexibility index (Phi) is 8.21. The van der Waals surface area contributed by atoms with Crippen LogP contribution in [-0.4, -0.2) is 39.6 Å². The zero-order valence-corrected chi connectivity index (χ0v) is 20.3. The fourth-order valence-corrected chi connectivity index (χ4v) is 3.49. The molecule has 0 unspecified atom stereocenters. The number of hydrogen-bond acceptors (Lipinski definition) is 3. The summed E-state index contributed by atoms with van der Waals surface area (Å²) in [6.45, 7) is 8.65. The summed E-state index contributed by atoms with van der Waals surface area (Å²) in [6, 6.07) is 17.3. The van der Waals surface area contributed by atoms with Gasteiger partial charge in [0.05, 0.1) is 24.3 Å². The van der Waals surface area contributed by atoms with Crippen LogP contribution < -0.4 is 5.32 Å². The predicted molar refractivity (Wildman–Crippen MR) is 132 cm³/mol. The smallest absolute Gasteiger partial charge is 0.245 e. The number of unbranched alkanes of at least 4 members (excludes halogenated alkanes) is 1. The summed E-state index contributed by atoms with van der Waals surface area (Å²) < 4.78 is 14.9. The van der Waals surface area contributed by atoms with Crippen molar-refractivity contribution in [2.24, 2.45) is 0 Å². The number of nitrogens with one attached hydrogen (secondary N) is 1. The lowest BCUT2D eigenvalue weighted by Gasteiger charge is -2.22. The summed E-state index contributed by atoms with van der Waals surface area (Å²) in [5, 5.41) is 7.68. The molecule has 2 aromatic carbocycles. The first kappa shape index (κ1) is 25.1. The average Bonchev–Trinajstić information content (AvgIpc) is 3.23. The van der Waals surface area contributed by atoms with Crippen molar-refractivity contribution in [3.63, 3.8) is 0 Å². The van der Waals surface area contributed by atoms with Gasteiger partial charge < -0.3 is 10.2 Å². The first-order valence-electron chi connectivity index (χ1n) is 11.7. The monoisotopic (exact) mass is 464 g/mol. The molecule has 0 bridgehead atoms. The predicted octanol–water partition coefficient (Wildman–Crippen LogP) is 5.12. The highest BCUT2D eigenvalue weighted by molar-refractivity contribution is 5.94. The minimum absolute atomic E-state index is 0.0646. The van der Waals surface area contributed by atoms with Crippen LogP contribution in [0, 0.1) is 5.82 Å². The van der Waals surface area contributed by atoms with E-state index in [4.69, 9.17) is 5.10 Å². The van der Waals surface area contributed by atoms with Gasteiger partial charge in [0, 0.05) is 18.0 Å². The molecule has 7 heteroatoms. The molecule has 0 aliphatic carbocycles. The molecule has 1 aromatic heterocycles. The largest absolute Gasteiger partial charge is 0.333 e. The van der Waals surface area contributed by atoms with Gasteiger partial charge in [-0.1, -0.05) is 64.4 Å². The number of amides is 2. The summed E-state index contributed by atoms with van der Waals surface area (Å²) in [7, 11) is 0. The van der Waals surface area contributed by atoms with Crippen molar-refractivity contribution in [3.8, 4) is 5.69 Å². The third-order valence-electron chi connectivity index (χ3n) is 5.48. The van der Waals surface area contributed by atoms with Crippen LogP contribution in [0.4, 0.5) is 10.2 Å². The van der Waals surface area contributed by atoms with Crippen LogP contribution in [0.25, 0.3) is 5.69 Å². The molecule has 2 amide bonds. The van der Waals surface area contributed by atoms with Gasteiger partial charge in [-0.05, 0) is 36.2 Å². The lowest BCUT2D eigenvalue weighted by Crippen LogP contribution is -2.39. The Labute approximate surface area is 200 Å². The van der Waals surface area contributed by atoms with Crippen LogP contribution in [-0.2, 0) is 21.4 Å². The molecular weight excluding hydrogens is 431 g/mol. The van der Waals surface area contributed by atoms with Gasteiger partial charge >= 0.3 is 0 Å². The first-order chi connectivity index (χ1) is 16.2. The number of para-hydroxylation sites is 1. The molecule has 0 spiro atoms. The Morgan fingerprint density at radius 2 is 1.74 bits per heavy atom. The highest BCUT2D eigenvalue weighted by atomic mass is 19.1. The van der Waals surface area contributed by atoms with Crippen molar-refractivity contribution < 1.29 is 14.0 Å². The molecule has 3 rings (SSSR count). The topological polar surface area (TPSA) is 67.2 Å². The van der Waals surface area contributed by atoms with E-state index < -0.39 is 0 Å². The van der Waals surface area contributed by atoms with E-state index in [-0.39, 0.29) is 36.0 Å². The van der Waals surface area contributed by atoms with E-state index in [2.05, 4.69) is 26.1 Å². The Balaban J connectivity index is 1.77. The Hall–Kier alpha value is -3.48. The van der Waals surface area contributed by atoms with Crippen molar-refractivity contribution in [1.29, 1.82) is 0 Å². The molecule has 0 saturated heterocycles. The molecule has 6 nitrogen and oxygen atoms in total. The van der Waals surface area contributed by atoms with Crippen LogP contribution in [0.1, 0.15) is 51.8 Å². The van der Waals surface area contributed by atoms with Crippen LogP contribution in [0.3, 0.4) is 0 Å². The highest BCUT2D eigenvalue weighted by Crippen LogP contribution is 2.26. The normalized spacial score (nSPS) is 11.3. The van der Waals surface area contributed by atoms with Gasteiger partial charge in [-0.15, -0.1) is 0 Å². The van der Waals surface area contributed by atoms with E-state index in [1.165, 1.54) is 12.1 Å². The lowest BCUT2D eigenvalue weighted by atomic mass is 9.92. The van der Waals surface area contributed by atoms with Crippen molar-refractivity contribution in [2.45, 2.75) is 52.4 Å². The fraction of sp³-hybridized carbons (Fsp3) is 0.370. The maximum atomic E-state index is 13.2. The third-order valence-corrected chi connectivity index (χ3v) is 5.48. The van der Waals surface area contributed by atoms with E-state index in [1.807, 2.05) is 43.3 Å².